The summed E-state index contributed by atoms with van der Waals surface area (Å²) in [5.74, 6) is 2.17. The van der Waals surface area contributed by atoms with Gasteiger partial charge in [0.2, 0.25) is 5.91 Å². The number of nitrogens with one attached hydrogen (secondary N) is 2. The van der Waals surface area contributed by atoms with Crippen LogP contribution < -0.4 is 10.6 Å². The zero-order valence-electron chi connectivity index (χ0n) is 10.3. The molecule has 3 fully saturated rings. The molecule has 2 N–H and O–H groups in total. The van der Waals surface area contributed by atoms with Crippen LogP contribution in [-0.2, 0) is 4.79 Å². The molecule has 0 aromatic heterocycles. The molecule has 4 heteroatoms. The molecule has 1 atom stereocenters. The van der Waals surface area contributed by atoms with E-state index >= 15 is 0 Å². The first kappa shape index (κ1) is 13.2. The molecule has 1 aliphatic heterocycles. The van der Waals surface area contributed by atoms with Crippen LogP contribution in [0.2, 0.25) is 0 Å². The normalized spacial score (nSPS) is 28.6. The third-order valence-electron chi connectivity index (χ3n) is 4.21. The van der Waals surface area contributed by atoms with Crippen molar-refractivity contribution in [2.45, 2.75) is 44.6 Å². The van der Waals surface area contributed by atoms with Crippen LogP contribution in [0.3, 0.4) is 0 Å². The maximum atomic E-state index is 12.2. The topological polar surface area (TPSA) is 41.1 Å². The van der Waals surface area contributed by atoms with Crippen LogP contribution in [0.1, 0.15) is 38.5 Å². The Kier molecular flexibility index (Phi) is 4.31. The number of carbonyl (C=O) groups excluding carboxylic acids is 1. The number of carbonyl (C=O) groups is 1. The molecule has 1 saturated heterocycles. The van der Waals surface area contributed by atoms with Crippen molar-refractivity contribution in [3.05, 3.63) is 0 Å². The fourth-order valence-electron chi connectivity index (χ4n) is 3.00. The zero-order chi connectivity index (χ0) is 11.0. The van der Waals surface area contributed by atoms with Crippen LogP contribution in [0.4, 0.5) is 0 Å². The molecule has 0 unspecified atom stereocenters. The minimum Gasteiger partial charge on any atom is -0.352 e. The maximum Gasteiger partial charge on any atom is 0.223 e. The first-order chi connectivity index (χ1) is 7.84. The molecular weight excluding hydrogens is 236 g/mol. The average molecular weight is 259 g/mol. The second-order valence-electron chi connectivity index (χ2n) is 5.75. The maximum absolute atomic E-state index is 12.2. The van der Waals surface area contributed by atoms with Gasteiger partial charge in [-0.25, -0.2) is 0 Å². The lowest BCUT2D eigenvalue weighted by Crippen LogP contribution is -2.48. The average Bonchev–Trinajstić information content (AvgIpc) is 3.13. The molecule has 0 aromatic rings. The number of hydrogen-bond acceptors (Lipinski definition) is 2. The largest absolute Gasteiger partial charge is 0.352 e. The van der Waals surface area contributed by atoms with Crippen molar-refractivity contribution >= 4 is 18.3 Å². The molecule has 3 nitrogen and oxygen atoms in total. The van der Waals surface area contributed by atoms with Gasteiger partial charge in [0.05, 0.1) is 0 Å². The Labute approximate surface area is 110 Å². The summed E-state index contributed by atoms with van der Waals surface area (Å²) in [4.78, 5) is 12.2. The van der Waals surface area contributed by atoms with Crippen LogP contribution >= 0.6 is 12.4 Å². The number of piperidine rings is 1. The van der Waals surface area contributed by atoms with Gasteiger partial charge in [0.1, 0.15) is 0 Å². The highest BCUT2D eigenvalue weighted by Gasteiger charge is 2.45. The summed E-state index contributed by atoms with van der Waals surface area (Å²) in [7, 11) is 0. The van der Waals surface area contributed by atoms with Gasteiger partial charge in [-0.3, -0.25) is 4.79 Å². The lowest BCUT2D eigenvalue weighted by molar-refractivity contribution is -0.127. The lowest BCUT2D eigenvalue weighted by atomic mass is 9.96. The summed E-state index contributed by atoms with van der Waals surface area (Å²) >= 11 is 0. The molecule has 17 heavy (non-hydrogen) atoms. The first-order valence-electron chi connectivity index (χ1n) is 6.85. The van der Waals surface area contributed by atoms with Crippen molar-refractivity contribution in [1.82, 2.24) is 10.6 Å². The summed E-state index contributed by atoms with van der Waals surface area (Å²) in [6.07, 6.45) is 7.51. The summed E-state index contributed by atoms with van der Waals surface area (Å²) < 4.78 is 0. The van der Waals surface area contributed by atoms with E-state index < -0.39 is 0 Å². The van der Waals surface area contributed by atoms with Crippen LogP contribution in [0.15, 0.2) is 0 Å². The summed E-state index contributed by atoms with van der Waals surface area (Å²) in [6, 6.07) is 0.390. The summed E-state index contributed by atoms with van der Waals surface area (Å²) in [6.45, 7) is 2.08. The Morgan fingerprint density at radius 3 is 2.24 bits per heavy atom. The molecule has 1 amide bonds. The van der Waals surface area contributed by atoms with E-state index in [1.165, 1.54) is 32.1 Å². The van der Waals surface area contributed by atoms with Crippen LogP contribution in [0.25, 0.3) is 0 Å². The minimum absolute atomic E-state index is 0. The van der Waals surface area contributed by atoms with E-state index in [4.69, 9.17) is 0 Å². The fraction of sp³-hybridized carbons (Fsp3) is 0.923. The van der Waals surface area contributed by atoms with Crippen LogP contribution in [0.5, 0.6) is 0 Å². The van der Waals surface area contributed by atoms with Gasteiger partial charge in [-0.05, 0) is 56.9 Å². The third kappa shape index (κ3) is 3.35. The lowest BCUT2D eigenvalue weighted by Gasteiger charge is -2.26. The molecule has 3 aliphatic rings. The Hall–Kier alpha value is -0.280. The smallest absolute Gasteiger partial charge is 0.223 e. The Morgan fingerprint density at radius 2 is 1.76 bits per heavy atom. The molecule has 3 rings (SSSR count). The molecule has 0 radical (unpaired) electrons. The highest BCUT2D eigenvalue weighted by atomic mass is 35.5. The van der Waals surface area contributed by atoms with Gasteiger partial charge in [-0.1, -0.05) is 0 Å². The Balaban J connectivity index is 0.00000108. The molecule has 1 heterocycles. The summed E-state index contributed by atoms with van der Waals surface area (Å²) in [5, 5.41) is 6.61. The van der Waals surface area contributed by atoms with E-state index in [2.05, 4.69) is 10.6 Å². The number of hydrogen-bond donors (Lipinski definition) is 2. The van der Waals surface area contributed by atoms with Gasteiger partial charge in [0.25, 0.3) is 0 Å². The molecule has 2 aliphatic carbocycles. The molecule has 2 saturated carbocycles. The standard InChI is InChI=1S/C13H22N2O.ClH/c16-13(15-11-2-1-7-14-8-11)12(9-3-4-9)10-5-6-10;/h9-12,14H,1-8H2,(H,15,16);1H/t11-;/m1./s1. The van der Waals surface area contributed by atoms with Gasteiger partial charge in [0, 0.05) is 18.5 Å². The van der Waals surface area contributed by atoms with Gasteiger partial charge in [-0.2, -0.15) is 0 Å². The van der Waals surface area contributed by atoms with Crippen molar-refractivity contribution in [2.75, 3.05) is 13.1 Å². The van der Waals surface area contributed by atoms with Gasteiger partial charge >= 0.3 is 0 Å². The molecule has 98 valence electrons. The first-order valence-corrected chi connectivity index (χ1v) is 6.85. The van der Waals surface area contributed by atoms with E-state index in [9.17, 15) is 4.79 Å². The van der Waals surface area contributed by atoms with E-state index in [1.807, 2.05) is 0 Å². The second-order valence-corrected chi connectivity index (χ2v) is 5.75. The highest BCUT2D eigenvalue weighted by molar-refractivity contribution is 5.85. The van der Waals surface area contributed by atoms with Gasteiger partial charge in [0.15, 0.2) is 0 Å². The molecular formula is C13H23ClN2O. The summed E-state index contributed by atoms with van der Waals surface area (Å²) in [5.41, 5.74) is 0. The van der Waals surface area contributed by atoms with Crippen molar-refractivity contribution in [2.24, 2.45) is 17.8 Å². The predicted octanol–water partition coefficient (Wildman–Crippen LogP) is 1.71. The van der Waals surface area contributed by atoms with E-state index in [-0.39, 0.29) is 12.4 Å². The predicted molar refractivity (Wildman–Crippen MR) is 70.2 cm³/mol. The Morgan fingerprint density at radius 1 is 1.12 bits per heavy atom. The SMILES string of the molecule is Cl.O=C(N[C@@H]1CCCNC1)C(C1CC1)C1CC1. The van der Waals surface area contributed by atoms with Crippen molar-refractivity contribution < 1.29 is 4.79 Å². The van der Waals surface area contributed by atoms with Crippen LogP contribution in [0, 0.1) is 17.8 Å². The quantitative estimate of drug-likeness (QED) is 0.806. The molecule has 0 spiro atoms. The Bertz CT molecular complexity index is 259. The highest BCUT2D eigenvalue weighted by Crippen LogP contribution is 2.49. The minimum atomic E-state index is 0. The number of halogens is 1. The van der Waals surface area contributed by atoms with Crippen molar-refractivity contribution in [1.29, 1.82) is 0 Å². The monoisotopic (exact) mass is 258 g/mol. The third-order valence-corrected chi connectivity index (χ3v) is 4.21. The number of amides is 1. The van der Waals surface area contributed by atoms with E-state index in [1.54, 1.807) is 0 Å². The molecule has 0 bridgehead atoms. The van der Waals surface area contributed by atoms with Crippen molar-refractivity contribution in [3.63, 3.8) is 0 Å². The number of rotatable bonds is 4. The van der Waals surface area contributed by atoms with Crippen LogP contribution in [-0.4, -0.2) is 25.0 Å². The molecule has 0 aromatic carbocycles. The second kappa shape index (κ2) is 5.57. The van der Waals surface area contributed by atoms with Crippen molar-refractivity contribution in [3.8, 4) is 0 Å². The fourth-order valence-corrected chi connectivity index (χ4v) is 3.00. The van der Waals surface area contributed by atoms with Gasteiger partial charge in [-0.15, -0.1) is 12.4 Å². The zero-order valence-corrected chi connectivity index (χ0v) is 11.1. The van der Waals surface area contributed by atoms with Gasteiger partial charge < -0.3 is 10.6 Å². The van der Waals surface area contributed by atoms with E-state index in [0.29, 0.717) is 17.9 Å². The van der Waals surface area contributed by atoms with E-state index in [0.717, 1.165) is 31.3 Å².